The molecule has 1 fully saturated rings. The normalized spacial score (nSPS) is 24.7. The van der Waals surface area contributed by atoms with Crippen molar-refractivity contribution in [3.63, 3.8) is 0 Å². The molecule has 1 aliphatic rings. The van der Waals surface area contributed by atoms with Crippen molar-refractivity contribution < 1.29 is 18.0 Å². The lowest BCUT2D eigenvalue weighted by molar-refractivity contribution is -0.166. The molecule has 0 aromatic heterocycles. The number of amides is 1. The Morgan fingerprint density at radius 1 is 1.27 bits per heavy atom. The number of alkyl halides is 3. The maximum absolute atomic E-state index is 13.0. The van der Waals surface area contributed by atoms with Gasteiger partial charge in [0.25, 0.3) is 5.91 Å². The number of carbonyl (C=O) groups excluding carboxylic acids is 1. The van der Waals surface area contributed by atoms with Crippen molar-refractivity contribution in [2.45, 2.75) is 37.2 Å². The molecule has 120 valence electrons. The first-order chi connectivity index (χ1) is 9.97. The highest BCUT2D eigenvalue weighted by Gasteiger charge is 2.62. The van der Waals surface area contributed by atoms with Crippen molar-refractivity contribution in [1.29, 1.82) is 0 Å². The number of rotatable bonds is 2. The van der Waals surface area contributed by atoms with E-state index in [1.165, 1.54) is 0 Å². The highest BCUT2D eigenvalue weighted by atomic mass is 35.5. The van der Waals surface area contributed by atoms with Crippen molar-refractivity contribution in [1.82, 2.24) is 5.32 Å². The highest BCUT2D eigenvalue weighted by Crippen LogP contribution is 2.46. The molecule has 22 heavy (non-hydrogen) atoms. The largest absolute Gasteiger partial charge is 0.412 e. The molecule has 1 atom stereocenters. The molecule has 1 heterocycles. The van der Waals surface area contributed by atoms with Crippen LogP contribution in [0, 0.1) is 0 Å². The predicted molar refractivity (Wildman–Crippen MR) is 82.1 cm³/mol. The molecule has 1 saturated heterocycles. The second kappa shape index (κ2) is 5.45. The minimum atomic E-state index is -4.66. The Balaban J connectivity index is 2.36. The SMILES string of the molecule is CC(C)(N=C1NC(=O)[C@@](C)(C(F)(F)F)S1)c1ccccc1Cl. The van der Waals surface area contributed by atoms with Gasteiger partial charge < -0.3 is 5.32 Å². The van der Waals surface area contributed by atoms with Crippen LogP contribution in [0.2, 0.25) is 5.02 Å². The average molecular weight is 351 g/mol. The lowest BCUT2D eigenvalue weighted by Gasteiger charge is -2.23. The van der Waals surface area contributed by atoms with Crippen LogP contribution < -0.4 is 5.32 Å². The number of carbonyl (C=O) groups is 1. The van der Waals surface area contributed by atoms with Crippen molar-refractivity contribution in [2.24, 2.45) is 4.99 Å². The van der Waals surface area contributed by atoms with Gasteiger partial charge in [0.15, 0.2) is 9.91 Å². The fourth-order valence-electron chi connectivity index (χ4n) is 1.99. The van der Waals surface area contributed by atoms with Crippen LogP contribution in [0.4, 0.5) is 13.2 Å². The van der Waals surface area contributed by atoms with Crippen LogP contribution in [0.1, 0.15) is 26.3 Å². The molecule has 0 unspecified atom stereocenters. The molecular formula is C14H14ClF3N2OS. The van der Waals surface area contributed by atoms with Gasteiger partial charge in [0, 0.05) is 5.02 Å². The fourth-order valence-corrected chi connectivity index (χ4v) is 3.42. The first-order valence-corrected chi connectivity index (χ1v) is 7.59. The fraction of sp³-hybridized carbons (Fsp3) is 0.429. The Labute approximate surface area is 135 Å². The summed E-state index contributed by atoms with van der Waals surface area (Å²) in [4.78, 5) is 15.9. The van der Waals surface area contributed by atoms with Crippen LogP contribution in [0.15, 0.2) is 29.3 Å². The maximum Gasteiger partial charge on any atom is 0.412 e. The molecule has 0 spiro atoms. The molecule has 8 heteroatoms. The monoisotopic (exact) mass is 350 g/mol. The zero-order valence-electron chi connectivity index (χ0n) is 12.1. The van der Waals surface area contributed by atoms with Crippen molar-refractivity contribution in [3.05, 3.63) is 34.9 Å². The second-order valence-corrected chi connectivity index (χ2v) is 7.36. The van der Waals surface area contributed by atoms with Crippen molar-refractivity contribution in [3.8, 4) is 0 Å². The van der Waals surface area contributed by atoms with Gasteiger partial charge in [-0.1, -0.05) is 41.6 Å². The van der Waals surface area contributed by atoms with Crippen LogP contribution in [0.25, 0.3) is 0 Å². The second-order valence-electron chi connectivity index (χ2n) is 5.54. The molecule has 0 saturated carbocycles. The summed E-state index contributed by atoms with van der Waals surface area (Å²) >= 11 is 6.48. The summed E-state index contributed by atoms with van der Waals surface area (Å²) in [7, 11) is 0. The number of nitrogens with zero attached hydrogens (tertiary/aromatic N) is 1. The number of amidine groups is 1. The zero-order chi connectivity index (χ0) is 16.8. The molecule has 2 rings (SSSR count). The number of aliphatic imine (C=N–C) groups is 1. The number of benzene rings is 1. The van der Waals surface area contributed by atoms with Crippen LogP contribution >= 0.6 is 23.4 Å². The topological polar surface area (TPSA) is 41.5 Å². The van der Waals surface area contributed by atoms with E-state index in [2.05, 4.69) is 10.3 Å². The van der Waals surface area contributed by atoms with E-state index in [9.17, 15) is 18.0 Å². The Bertz CT molecular complexity index is 645. The van der Waals surface area contributed by atoms with Gasteiger partial charge in [-0.3, -0.25) is 9.79 Å². The molecule has 1 aromatic rings. The van der Waals surface area contributed by atoms with E-state index in [-0.39, 0.29) is 5.17 Å². The molecule has 1 aliphatic heterocycles. The lowest BCUT2D eigenvalue weighted by Crippen LogP contribution is -2.46. The smallest absolute Gasteiger partial charge is 0.304 e. The summed E-state index contributed by atoms with van der Waals surface area (Å²) in [6.07, 6.45) is -4.66. The molecule has 3 nitrogen and oxygen atoms in total. The van der Waals surface area contributed by atoms with Crippen LogP contribution in [0.5, 0.6) is 0 Å². The number of thioether (sulfide) groups is 1. The van der Waals surface area contributed by atoms with Gasteiger partial charge in [0.2, 0.25) is 0 Å². The summed E-state index contributed by atoms with van der Waals surface area (Å²) in [6.45, 7) is 4.28. The Hall–Kier alpha value is -1.21. The summed E-state index contributed by atoms with van der Waals surface area (Å²) in [5, 5.41) is 2.61. The standard InChI is InChI=1S/C14H14ClF3N2OS/c1-12(2,8-6-4-5-7-9(8)15)20-11-19-10(21)13(3,22-11)14(16,17)18/h4-7H,1-3H3,(H,19,20,21)/t13-/m0/s1. The van der Waals surface area contributed by atoms with Crippen molar-refractivity contribution >= 4 is 34.4 Å². The van der Waals surface area contributed by atoms with Gasteiger partial charge in [-0.2, -0.15) is 13.2 Å². The van der Waals surface area contributed by atoms with Crippen LogP contribution in [-0.2, 0) is 10.3 Å². The molecule has 1 amide bonds. The lowest BCUT2D eigenvalue weighted by atomic mass is 9.95. The Kier molecular flexibility index (Phi) is 4.25. The molecule has 0 radical (unpaired) electrons. The van der Waals surface area contributed by atoms with E-state index in [0.717, 1.165) is 6.92 Å². The third kappa shape index (κ3) is 2.96. The molecule has 0 bridgehead atoms. The van der Waals surface area contributed by atoms with Gasteiger partial charge in [-0.15, -0.1) is 0 Å². The first kappa shape index (κ1) is 17.1. The summed E-state index contributed by atoms with van der Waals surface area (Å²) < 4.78 is 36.6. The maximum atomic E-state index is 13.0. The van der Waals surface area contributed by atoms with Gasteiger partial charge >= 0.3 is 6.18 Å². The third-order valence-electron chi connectivity index (χ3n) is 3.41. The number of hydrogen-bond acceptors (Lipinski definition) is 3. The predicted octanol–water partition coefficient (Wildman–Crippen LogP) is 4.12. The average Bonchev–Trinajstić information content (AvgIpc) is 2.64. The summed E-state index contributed by atoms with van der Waals surface area (Å²) in [5.74, 6) is -1.11. The number of nitrogens with one attached hydrogen (secondary N) is 1. The van der Waals surface area contributed by atoms with Crippen LogP contribution in [-0.4, -0.2) is 22.0 Å². The van der Waals surface area contributed by atoms with E-state index in [0.29, 0.717) is 22.3 Å². The molecule has 1 N–H and O–H groups in total. The number of hydrogen-bond donors (Lipinski definition) is 1. The first-order valence-electron chi connectivity index (χ1n) is 6.39. The van der Waals surface area contributed by atoms with Gasteiger partial charge in [-0.25, -0.2) is 0 Å². The molecule has 1 aromatic carbocycles. The minimum Gasteiger partial charge on any atom is -0.304 e. The zero-order valence-corrected chi connectivity index (χ0v) is 13.7. The van der Waals surface area contributed by atoms with Crippen LogP contribution in [0.3, 0.4) is 0 Å². The van der Waals surface area contributed by atoms with Gasteiger partial charge in [-0.05, 0) is 32.4 Å². The highest BCUT2D eigenvalue weighted by molar-refractivity contribution is 8.16. The summed E-state index contributed by atoms with van der Waals surface area (Å²) in [5.41, 5.74) is -0.204. The quantitative estimate of drug-likeness (QED) is 0.872. The third-order valence-corrected chi connectivity index (χ3v) is 4.95. The van der Waals surface area contributed by atoms with E-state index in [1.807, 2.05) is 0 Å². The summed E-state index contributed by atoms with van der Waals surface area (Å²) in [6, 6.07) is 6.95. The van der Waals surface area contributed by atoms with E-state index in [1.54, 1.807) is 38.1 Å². The van der Waals surface area contributed by atoms with Gasteiger partial charge in [0.1, 0.15) is 0 Å². The van der Waals surface area contributed by atoms with Crippen molar-refractivity contribution in [2.75, 3.05) is 0 Å². The molecular weight excluding hydrogens is 337 g/mol. The van der Waals surface area contributed by atoms with E-state index in [4.69, 9.17) is 11.6 Å². The van der Waals surface area contributed by atoms with E-state index < -0.39 is 22.4 Å². The minimum absolute atomic E-state index is 0.0604. The van der Waals surface area contributed by atoms with Gasteiger partial charge in [0.05, 0.1) is 5.54 Å². The Morgan fingerprint density at radius 2 is 1.86 bits per heavy atom. The Morgan fingerprint density at radius 3 is 2.36 bits per heavy atom. The van der Waals surface area contributed by atoms with E-state index >= 15 is 0 Å². The molecule has 0 aliphatic carbocycles. The number of halogens is 4.